The molecular weight excluding hydrogens is 332 g/mol. The van der Waals surface area contributed by atoms with Gasteiger partial charge in [0.05, 0.1) is 6.61 Å². The Labute approximate surface area is 115 Å². The van der Waals surface area contributed by atoms with E-state index in [1.807, 2.05) is 12.1 Å². The average Bonchev–Trinajstić information content (AvgIpc) is 2.23. The van der Waals surface area contributed by atoms with E-state index >= 15 is 0 Å². The molecule has 0 spiro atoms. The van der Waals surface area contributed by atoms with Crippen LogP contribution in [0.1, 0.15) is 19.4 Å². The molecule has 0 radical (unpaired) electrons. The maximum atomic E-state index is 5.81. The Morgan fingerprint density at radius 3 is 2.50 bits per heavy atom. The van der Waals surface area contributed by atoms with Crippen molar-refractivity contribution in [1.82, 2.24) is 0 Å². The van der Waals surface area contributed by atoms with Crippen molar-refractivity contribution in [2.24, 2.45) is 11.8 Å². The van der Waals surface area contributed by atoms with E-state index in [2.05, 4.69) is 58.7 Å². The van der Waals surface area contributed by atoms with Gasteiger partial charge in [0.1, 0.15) is 5.75 Å². The molecule has 0 aliphatic heterocycles. The van der Waals surface area contributed by atoms with Gasteiger partial charge in [0, 0.05) is 15.7 Å². The standard InChI is InChI=1S/C13H18Br2O/c1-9(2)11(7-14)8-16-12-4-5-13(15)10(3)6-12/h4-6,9,11H,7-8H2,1-3H3. The summed E-state index contributed by atoms with van der Waals surface area (Å²) in [6.45, 7) is 7.29. The maximum absolute atomic E-state index is 5.81. The summed E-state index contributed by atoms with van der Waals surface area (Å²) >= 11 is 7.01. The lowest BCUT2D eigenvalue weighted by Gasteiger charge is -2.18. The first-order valence-electron chi connectivity index (χ1n) is 5.49. The van der Waals surface area contributed by atoms with Crippen molar-refractivity contribution in [1.29, 1.82) is 0 Å². The molecule has 0 aromatic heterocycles. The monoisotopic (exact) mass is 348 g/mol. The number of hydrogen-bond acceptors (Lipinski definition) is 1. The van der Waals surface area contributed by atoms with Crippen LogP contribution in [0.4, 0.5) is 0 Å². The first-order chi connectivity index (χ1) is 7.54. The fraction of sp³-hybridized carbons (Fsp3) is 0.538. The lowest BCUT2D eigenvalue weighted by molar-refractivity contribution is 0.227. The van der Waals surface area contributed by atoms with Gasteiger partial charge in [-0.2, -0.15) is 0 Å². The van der Waals surface area contributed by atoms with Crippen LogP contribution in [0.5, 0.6) is 5.75 Å². The lowest BCUT2D eigenvalue weighted by atomic mass is 9.99. The van der Waals surface area contributed by atoms with Crippen molar-refractivity contribution in [3.8, 4) is 5.75 Å². The summed E-state index contributed by atoms with van der Waals surface area (Å²) in [5.74, 6) is 2.15. The normalized spacial score (nSPS) is 12.9. The quantitative estimate of drug-likeness (QED) is 0.693. The van der Waals surface area contributed by atoms with Gasteiger partial charge in [-0.3, -0.25) is 0 Å². The highest BCUT2D eigenvalue weighted by atomic mass is 79.9. The molecular formula is C13H18Br2O. The molecule has 1 nitrogen and oxygen atoms in total. The minimum Gasteiger partial charge on any atom is -0.493 e. The summed E-state index contributed by atoms with van der Waals surface area (Å²) in [6.07, 6.45) is 0. The molecule has 0 fully saturated rings. The molecule has 1 unspecified atom stereocenters. The summed E-state index contributed by atoms with van der Waals surface area (Å²) in [4.78, 5) is 0. The zero-order chi connectivity index (χ0) is 12.1. The summed E-state index contributed by atoms with van der Waals surface area (Å²) in [7, 11) is 0. The molecule has 0 saturated heterocycles. The van der Waals surface area contributed by atoms with Gasteiger partial charge in [0.25, 0.3) is 0 Å². The van der Waals surface area contributed by atoms with E-state index in [-0.39, 0.29) is 0 Å². The second-order valence-electron chi connectivity index (χ2n) is 4.38. The topological polar surface area (TPSA) is 9.23 Å². The van der Waals surface area contributed by atoms with Crippen LogP contribution >= 0.6 is 31.9 Å². The average molecular weight is 350 g/mol. The lowest BCUT2D eigenvalue weighted by Crippen LogP contribution is -2.19. The van der Waals surface area contributed by atoms with Gasteiger partial charge in [0.2, 0.25) is 0 Å². The first kappa shape index (κ1) is 14.0. The Balaban J connectivity index is 2.57. The van der Waals surface area contributed by atoms with Gasteiger partial charge >= 0.3 is 0 Å². The highest BCUT2D eigenvalue weighted by Gasteiger charge is 2.12. The van der Waals surface area contributed by atoms with Crippen LogP contribution < -0.4 is 4.74 Å². The molecule has 1 aromatic rings. The van der Waals surface area contributed by atoms with E-state index in [4.69, 9.17) is 4.74 Å². The van der Waals surface area contributed by atoms with Crippen LogP contribution in [0.25, 0.3) is 0 Å². The first-order valence-corrected chi connectivity index (χ1v) is 7.41. The van der Waals surface area contributed by atoms with Crippen LogP contribution in [0.3, 0.4) is 0 Å². The molecule has 0 heterocycles. The van der Waals surface area contributed by atoms with Crippen molar-refractivity contribution in [2.45, 2.75) is 20.8 Å². The van der Waals surface area contributed by atoms with Crippen LogP contribution in [0.2, 0.25) is 0 Å². The second kappa shape index (κ2) is 6.65. The van der Waals surface area contributed by atoms with Crippen molar-refractivity contribution >= 4 is 31.9 Å². The summed E-state index contributed by atoms with van der Waals surface area (Å²) < 4.78 is 6.93. The molecule has 1 atom stereocenters. The van der Waals surface area contributed by atoms with Crippen molar-refractivity contribution < 1.29 is 4.74 Å². The van der Waals surface area contributed by atoms with Gasteiger partial charge in [0.15, 0.2) is 0 Å². The Morgan fingerprint density at radius 2 is 2.00 bits per heavy atom. The SMILES string of the molecule is Cc1cc(OCC(CBr)C(C)C)ccc1Br. The third-order valence-electron chi connectivity index (χ3n) is 2.73. The molecule has 3 heteroatoms. The zero-order valence-corrected chi connectivity index (χ0v) is 13.1. The van der Waals surface area contributed by atoms with Crippen LogP contribution in [0, 0.1) is 18.8 Å². The molecule has 1 rings (SSSR count). The van der Waals surface area contributed by atoms with Crippen LogP contribution in [-0.4, -0.2) is 11.9 Å². The van der Waals surface area contributed by atoms with E-state index in [9.17, 15) is 0 Å². The summed E-state index contributed by atoms with van der Waals surface area (Å²) in [5, 5.41) is 0.986. The third kappa shape index (κ3) is 4.10. The van der Waals surface area contributed by atoms with E-state index < -0.39 is 0 Å². The minimum absolute atomic E-state index is 0.559. The molecule has 0 saturated carbocycles. The highest BCUT2D eigenvalue weighted by Crippen LogP contribution is 2.23. The zero-order valence-electron chi connectivity index (χ0n) is 9.97. The fourth-order valence-electron chi connectivity index (χ4n) is 1.33. The van der Waals surface area contributed by atoms with E-state index in [1.165, 1.54) is 5.56 Å². The van der Waals surface area contributed by atoms with Gasteiger partial charge in [-0.15, -0.1) is 0 Å². The molecule has 16 heavy (non-hydrogen) atoms. The molecule has 0 N–H and O–H groups in total. The molecule has 90 valence electrons. The highest BCUT2D eigenvalue weighted by molar-refractivity contribution is 9.10. The summed E-state index contributed by atoms with van der Waals surface area (Å²) in [6, 6.07) is 6.10. The molecule has 0 aliphatic rings. The number of benzene rings is 1. The van der Waals surface area contributed by atoms with Gasteiger partial charge in [-0.25, -0.2) is 0 Å². The Hall–Kier alpha value is -0.0200. The molecule has 0 aliphatic carbocycles. The van der Waals surface area contributed by atoms with Crippen molar-refractivity contribution in [3.05, 3.63) is 28.2 Å². The number of ether oxygens (including phenoxy) is 1. The summed E-state index contributed by atoms with van der Waals surface area (Å²) in [5.41, 5.74) is 1.21. The predicted octanol–water partition coefficient (Wildman–Crippen LogP) is 4.80. The number of aryl methyl sites for hydroxylation is 1. The third-order valence-corrected chi connectivity index (χ3v) is 4.46. The minimum atomic E-state index is 0.559. The predicted molar refractivity (Wildman–Crippen MR) is 76.5 cm³/mol. The van der Waals surface area contributed by atoms with Crippen LogP contribution in [-0.2, 0) is 0 Å². The van der Waals surface area contributed by atoms with Gasteiger partial charge in [-0.05, 0) is 36.6 Å². The second-order valence-corrected chi connectivity index (χ2v) is 5.88. The largest absolute Gasteiger partial charge is 0.493 e. The Morgan fingerprint density at radius 1 is 1.31 bits per heavy atom. The Bertz CT molecular complexity index is 337. The Kier molecular flexibility index (Phi) is 5.84. The molecule has 0 bridgehead atoms. The van der Waals surface area contributed by atoms with Crippen LogP contribution in [0.15, 0.2) is 22.7 Å². The number of rotatable bonds is 5. The van der Waals surface area contributed by atoms with Gasteiger partial charge in [-0.1, -0.05) is 45.7 Å². The van der Waals surface area contributed by atoms with Crippen molar-refractivity contribution in [2.75, 3.05) is 11.9 Å². The van der Waals surface area contributed by atoms with Gasteiger partial charge < -0.3 is 4.74 Å². The maximum Gasteiger partial charge on any atom is 0.119 e. The molecule has 1 aromatic carbocycles. The molecule has 0 amide bonds. The number of alkyl halides is 1. The fourth-order valence-corrected chi connectivity index (χ4v) is 2.51. The van der Waals surface area contributed by atoms with E-state index in [0.29, 0.717) is 11.8 Å². The number of hydrogen-bond donors (Lipinski definition) is 0. The van der Waals surface area contributed by atoms with E-state index in [1.54, 1.807) is 0 Å². The van der Waals surface area contributed by atoms with Crippen molar-refractivity contribution in [3.63, 3.8) is 0 Å². The smallest absolute Gasteiger partial charge is 0.119 e. The number of halogens is 2. The van der Waals surface area contributed by atoms with E-state index in [0.717, 1.165) is 22.2 Å².